The van der Waals surface area contributed by atoms with Crippen molar-refractivity contribution in [3.8, 4) is 28.0 Å². The molecule has 0 bridgehead atoms. The molecule has 66 heavy (non-hydrogen) atoms. The Bertz CT molecular complexity index is 2230. The Morgan fingerprint density at radius 3 is 1.15 bits per heavy atom. The highest BCUT2D eigenvalue weighted by atomic mass is 31.1. The lowest BCUT2D eigenvalue weighted by atomic mass is 9.79. The van der Waals surface area contributed by atoms with Gasteiger partial charge in [0.2, 0.25) is 0 Å². The molecular formula is C62H84O2P2. The number of benzene rings is 5. The van der Waals surface area contributed by atoms with E-state index in [1.807, 2.05) is 7.11 Å². The Hall–Kier alpha value is -3.28. The van der Waals surface area contributed by atoms with Crippen molar-refractivity contribution >= 4 is 37.1 Å². The molecule has 2 saturated carbocycles. The molecule has 0 aliphatic heterocycles. The van der Waals surface area contributed by atoms with Gasteiger partial charge in [0.1, 0.15) is 5.75 Å². The van der Waals surface area contributed by atoms with Crippen molar-refractivity contribution in [1.29, 1.82) is 0 Å². The van der Waals surface area contributed by atoms with E-state index in [1.165, 1.54) is 136 Å². The fourth-order valence-corrected chi connectivity index (χ4v) is 17.9. The summed E-state index contributed by atoms with van der Waals surface area (Å²) in [5.74, 6) is 3.34. The highest BCUT2D eigenvalue weighted by Gasteiger charge is 2.41. The first-order valence-electron chi connectivity index (χ1n) is 26.1. The Kier molecular flexibility index (Phi) is 17.5. The lowest BCUT2D eigenvalue weighted by molar-refractivity contribution is 0.0527. The van der Waals surface area contributed by atoms with E-state index in [4.69, 9.17) is 9.47 Å². The summed E-state index contributed by atoms with van der Waals surface area (Å²) in [6.45, 7) is 29.2. The molecule has 2 nitrogen and oxygen atoms in total. The summed E-state index contributed by atoms with van der Waals surface area (Å²) in [6, 6.07) is 36.1. The molecule has 0 unspecified atom stereocenters. The van der Waals surface area contributed by atoms with E-state index >= 15 is 0 Å². The maximum absolute atomic E-state index is 7.66. The summed E-state index contributed by atoms with van der Waals surface area (Å²) in [5, 5.41) is 5.66. The predicted molar refractivity (Wildman–Crippen MR) is 293 cm³/mol. The van der Waals surface area contributed by atoms with E-state index in [9.17, 15) is 0 Å². The van der Waals surface area contributed by atoms with Crippen LogP contribution in [0.3, 0.4) is 0 Å². The fraction of sp³-hybridized carbons (Fsp3) is 0.516. The summed E-state index contributed by atoms with van der Waals surface area (Å²) in [4.78, 5) is 0. The van der Waals surface area contributed by atoms with Gasteiger partial charge in [0.15, 0.2) is 6.79 Å². The quantitative estimate of drug-likeness (QED) is 0.0683. The minimum absolute atomic E-state index is 0.217. The monoisotopic (exact) mass is 923 g/mol. The second-order valence-corrected chi connectivity index (χ2v) is 26.5. The van der Waals surface area contributed by atoms with E-state index in [0.29, 0.717) is 46.8 Å². The molecule has 0 N–H and O–H groups in total. The lowest BCUT2D eigenvalue weighted by Crippen LogP contribution is -2.34. The van der Waals surface area contributed by atoms with Crippen molar-refractivity contribution in [2.75, 3.05) is 13.9 Å². The Labute approximate surface area is 405 Å². The van der Waals surface area contributed by atoms with Crippen LogP contribution in [0.25, 0.3) is 22.3 Å². The zero-order chi connectivity index (χ0) is 47.2. The van der Waals surface area contributed by atoms with Gasteiger partial charge in [-0.25, -0.2) is 0 Å². The minimum Gasteiger partial charge on any atom is -0.466 e. The zero-order valence-electron chi connectivity index (χ0n) is 43.3. The number of hydrogen-bond acceptors (Lipinski definition) is 2. The van der Waals surface area contributed by atoms with Crippen molar-refractivity contribution in [3.05, 3.63) is 124 Å². The third-order valence-corrected chi connectivity index (χ3v) is 20.9. The molecule has 0 heterocycles. The number of methoxy groups -OCH3 is 1. The van der Waals surface area contributed by atoms with Gasteiger partial charge in [-0.15, -0.1) is 0 Å². The van der Waals surface area contributed by atoms with Crippen LogP contribution in [0.2, 0.25) is 0 Å². The Morgan fingerprint density at radius 1 is 0.455 bits per heavy atom. The first kappa shape index (κ1) is 50.6. The van der Waals surface area contributed by atoms with Gasteiger partial charge in [0.25, 0.3) is 0 Å². The van der Waals surface area contributed by atoms with Crippen LogP contribution >= 0.6 is 15.8 Å². The van der Waals surface area contributed by atoms with Crippen LogP contribution in [0, 0.1) is 0 Å². The first-order chi connectivity index (χ1) is 31.7. The summed E-state index contributed by atoms with van der Waals surface area (Å²) in [7, 11) is 0.0885. The fourth-order valence-electron chi connectivity index (χ4n) is 11.2. The van der Waals surface area contributed by atoms with E-state index in [0.717, 1.165) is 5.75 Å². The van der Waals surface area contributed by atoms with Crippen LogP contribution in [0.5, 0.6) is 5.75 Å². The predicted octanol–water partition coefficient (Wildman–Crippen LogP) is 17.3. The second kappa shape index (κ2) is 22.9. The molecule has 2 aliphatic rings. The molecule has 7 rings (SSSR count). The second-order valence-electron chi connectivity index (χ2n) is 21.6. The van der Waals surface area contributed by atoms with Crippen molar-refractivity contribution in [1.82, 2.24) is 0 Å². The molecule has 0 radical (unpaired) electrons. The van der Waals surface area contributed by atoms with Gasteiger partial charge in [-0.05, 0) is 153 Å². The van der Waals surface area contributed by atoms with Crippen molar-refractivity contribution in [2.45, 2.75) is 194 Å². The molecule has 2 aliphatic carbocycles. The normalized spacial score (nSPS) is 15.5. The topological polar surface area (TPSA) is 18.5 Å². The Balaban J connectivity index is 1.82. The van der Waals surface area contributed by atoms with Gasteiger partial charge in [0.05, 0.1) is 0 Å². The zero-order valence-corrected chi connectivity index (χ0v) is 45.1. The molecular weight excluding hydrogens is 839 g/mol. The van der Waals surface area contributed by atoms with E-state index in [-0.39, 0.29) is 6.79 Å². The minimum atomic E-state index is -1.09. The molecule has 5 aromatic carbocycles. The molecule has 2 fully saturated rings. The van der Waals surface area contributed by atoms with Gasteiger partial charge in [-0.2, -0.15) is 0 Å². The smallest absolute Gasteiger partial charge is 0.188 e. The van der Waals surface area contributed by atoms with E-state index < -0.39 is 15.8 Å². The lowest BCUT2D eigenvalue weighted by Gasteiger charge is -2.42. The standard InChI is InChI=1S/C62H84O2P2/c1-40(2)46-34-52(42(5)6)58(53(35-46)43(7)8)56-38-57(59-54(44(9)10)36-47(41(3)4)37-55(59)45(11)12)62(66(50-30-22-16-23-31-50)51-32-24-17-25-33-51)60(64-39-63-13)61(56)65(48-26-18-14-19-27-48)49-28-20-15-21-29-49/h14-15,18-21,26-29,34-38,40-45,50-51H,16-17,22-25,30-33,39H2,1-13H3. The van der Waals surface area contributed by atoms with Crippen molar-refractivity contribution in [2.24, 2.45) is 0 Å². The third kappa shape index (κ3) is 10.9. The van der Waals surface area contributed by atoms with Crippen LogP contribution in [-0.2, 0) is 4.74 Å². The third-order valence-electron chi connectivity index (χ3n) is 14.8. The first-order valence-corrected chi connectivity index (χ1v) is 28.9. The SMILES string of the molecule is COCOc1c(P(c2ccccc2)c2ccccc2)c(-c2c(C(C)C)cc(C(C)C)cc2C(C)C)cc(-c2c(C(C)C)cc(C(C)C)cc2C(C)C)c1P(C1CCCCC1)C1CCCCC1. The molecule has 0 saturated heterocycles. The van der Waals surface area contributed by atoms with Crippen LogP contribution in [0.15, 0.2) is 91.0 Å². The molecule has 354 valence electrons. The molecule has 5 aromatic rings. The van der Waals surface area contributed by atoms with Gasteiger partial charge in [-0.3, -0.25) is 0 Å². The number of ether oxygens (including phenoxy) is 2. The number of rotatable bonds is 17. The molecule has 4 heteroatoms. The van der Waals surface area contributed by atoms with Gasteiger partial charge >= 0.3 is 0 Å². The molecule has 0 atom stereocenters. The highest BCUT2D eigenvalue weighted by molar-refractivity contribution is 7.80. The average Bonchev–Trinajstić information content (AvgIpc) is 3.31. The molecule has 0 amide bonds. The van der Waals surface area contributed by atoms with Crippen LogP contribution in [0.4, 0.5) is 0 Å². The van der Waals surface area contributed by atoms with E-state index in [1.54, 1.807) is 5.30 Å². The average molecular weight is 923 g/mol. The number of hydrogen-bond donors (Lipinski definition) is 0. The summed E-state index contributed by atoms with van der Waals surface area (Å²) in [6.07, 6.45) is 13.3. The van der Waals surface area contributed by atoms with Gasteiger partial charge in [-0.1, -0.05) is 214 Å². The molecule has 0 aromatic heterocycles. The van der Waals surface area contributed by atoms with Crippen LogP contribution in [-0.4, -0.2) is 25.2 Å². The van der Waals surface area contributed by atoms with Gasteiger partial charge < -0.3 is 9.47 Å². The maximum Gasteiger partial charge on any atom is 0.188 e. The van der Waals surface area contributed by atoms with Crippen molar-refractivity contribution in [3.63, 3.8) is 0 Å². The van der Waals surface area contributed by atoms with Gasteiger partial charge in [0, 0.05) is 17.7 Å². The van der Waals surface area contributed by atoms with Crippen molar-refractivity contribution < 1.29 is 9.47 Å². The highest BCUT2D eigenvalue weighted by Crippen LogP contribution is 2.60. The summed E-state index contributed by atoms with van der Waals surface area (Å²) >= 11 is 0. The molecule has 0 spiro atoms. The van der Waals surface area contributed by atoms with Crippen LogP contribution < -0.4 is 26.0 Å². The van der Waals surface area contributed by atoms with E-state index in [2.05, 4.69) is 174 Å². The maximum atomic E-state index is 7.66. The summed E-state index contributed by atoms with van der Waals surface area (Å²) < 4.78 is 13.8. The largest absolute Gasteiger partial charge is 0.466 e. The Morgan fingerprint density at radius 2 is 0.818 bits per heavy atom. The summed E-state index contributed by atoms with van der Waals surface area (Å²) in [5.41, 5.74) is 15.8. The van der Waals surface area contributed by atoms with Crippen LogP contribution in [0.1, 0.15) is 216 Å².